The molecule has 174 valence electrons. The Hall–Kier alpha value is -4.68. The van der Waals surface area contributed by atoms with Crippen molar-refractivity contribution in [3.63, 3.8) is 0 Å². The zero-order chi connectivity index (χ0) is 34.3. The van der Waals surface area contributed by atoms with Crippen LogP contribution in [0.3, 0.4) is 0 Å². The summed E-state index contributed by atoms with van der Waals surface area (Å²) >= 11 is 0. The van der Waals surface area contributed by atoms with E-state index < -0.39 is 30.2 Å². The molecule has 0 saturated carbocycles. The van der Waals surface area contributed by atoms with Crippen LogP contribution < -0.4 is 0 Å². The van der Waals surface area contributed by atoms with Crippen molar-refractivity contribution in [1.82, 2.24) is 0 Å². The summed E-state index contributed by atoms with van der Waals surface area (Å²) in [5.41, 5.74) is 3.39. The van der Waals surface area contributed by atoms with Crippen molar-refractivity contribution in [2.45, 2.75) is 6.92 Å². The molecule has 0 aliphatic heterocycles. The molecule has 0 aliphatic carbocycles. The number of rotatable bonds is 3. The number of benzene rings is 7. The Bertz CT molecular complexity index is 2430. The molecule has 0 heteroatoms. The fraction of sp³-hybridized carbons (Fsp3) is 0.0270. The minimum atomic E-state index is -0.504. The smallest absolute Gasteiger partial charge is 0.0616 e. The van der Waals surface area contributed by atoms with E-state index in [-0.39, 0.29) is 63.7 Å². The van der Waals surface area contributed by atoms with E-state index in [2.05, 4.69) is 0 Å². The topological polar surface area (TPSA) is 0 Å². The zero-order valence-corrected chi connectivity index (χ0v) is 19.9. The van der Waals surface area contributed by atoms with Gasteiger partial charge in [0, 0.05) is 0 Å². The summed E-state index contributed by atoms with van der Waals surface area (Å²) in [5.74, 6) is 0. The number of hydrogen-bond acceptors (Lipinski definition) is 0. The normalized spacial score (nSPS) is 15.5. The zero-order valence-electron chi connectivity index (χ0n) is 30.9. The van der Waals surface area contributed by atoms with Crippen molar-refractivity contribution in [3.8, 4) is 33.4 Å². The van der Waals surface area contributed by atoms with Gasteiger partial charge in [0.1, 0.15) is 0 Å². The molecular weight excluding hydrogens is 444 g/mol. The van der Waals surface area contributed by atoms with E-state index >= 15 is 0 Å². The minimum Gasteiger partial charge on any atom is -0.0616 e. The summed E-state index contributed by atoms with van der Waals surface area (Å²) < 4.78 is 94.1. The van der Waals surface area contributed by atoms with Crippen LogP contribution in [-0.2, 0) is 0 Å². The maximum atomic E-state index is 9.08. The predicted molar refractivity (Wildman–Crippen MR) is 160 cm³/mol. The Morgan fingerprint density at radius 2 is 0.973 bits per heavy atom. The van der Waals surface area contributed by atoms with Gasteiger partial charge < -0.3 is 0 Å². The summed E-state index contributed by atoms with van der Waals surface area (Å²) in [6.07, 6.45) is 0. The van der Waals surface area contributed by atoms with Gasteiger partial charge in [-0.15, -0.1) is 0 Å². The molecule has 0 atom stereocenters. The third-order valence-electron chi connectivity index (χ3n) is 6.71. The largest absolute Gasteiger partial charge is 0.0629 e. The molecule has 37 heavy (non-hydrogen) atoms. The first-order chi connectivity index (χ1) is 22.9. The predicted octanol–water partition coefficient (Wildman–Crippen LogP) is 10.5. The molecule has 0 aliphatic rings. The van der Waals surface area contributed by atoms with E-state index in [1.54, 1.807) is 19.1 Å². The standard InChI is InChI=1S/C37H26/c1-25-17-19-26(20-18-25)27-21-23-29(24-22-27)36-32-12-4-6-14-34(32)37(35-15-7-5-13-33(35)36)31-16-8-10-28-9-2-3-11-30(28)31/h2-24H,1H3/i2D,3D,8D,9D,10D,11D,16D,17D,18D,19D,20D. The first kappa shape index (κ1) is 13.0. The van der Waals surface area contributed by atoms with Crippen LogP contribution >= 0.6 is 0 Å². The molecule has 0 unspecified atom stereocenters. The lowest BCUT2D eigenvalue weighted by Crippen LogP contribution is -1.91. The highest BCUT2D eigenvalue weighted by Gasteiger charge is 2.17. The van der Waals surface area contributed by atoms with E-state index in [0.717, 1.165) is 21.9 Å². The van der Waals surface area contributed by atoms with Crippen molar-refractivity contribution < 1.29 is 15.1 Å². The third kappa shape index (κ3) is 3.61. The van der Waals surface area contributed by atoms with Gasteiger partial charge in [-0.25, -0.2) is 0 Å². The SMILES string of the molecule is [2H]c1c([2H])c(-c2ccc(-c3c4ccccc4c(-c4c([2H])c([2H])c([2H])c5c([2H])c([2H])c([2H])c([2H])c45)c4ccccc34)cc2)c([2H])c([2H])c1C. The van der Waals surface area contributed by atoms with Gasteiger partial charge in [-0.1, -0.05) is 145 Å². The molecule has 0 nitrogen and oxygen atoms in total. The van der Waals surface area contributed by atoms with Crippen molar-refractivity contribution >= 4 is 32.3 Å². The fourth-order valence-electron chi connectivity index (χ4n) is 5.03. The summed E-state index contributed by atoms with van der Waals surface area (Å²) in [6.45, 7) is 1.57. The van der Waals surface area contributed by atoms with Gasteiger partial charge in [0.15, 0.2) is 0 Å². The van der Waals surface area contributed by atoms with E-state index in [1.165, 1.54) is 0 Å². The van der Waals surface area contributed by atoms with Crippen LogP contribution in [0.15, 0.2) is 139 Å². The van der Waals surface area contributed by atoms with Crippen LogP contribution in [0.2, 0.25) is 0 Å². The highest BCUT2D eigenvalue weighted by Crippen LogP contribution is 2.45. The Kier molecular flexibility index (Phi) is 3.09. The molecule has 0 aromatic heterocycles. The third-order valence-corrected chi connectivity index (χ3v) is 6.71. The fourth-order valence-corrected chi connectivity index (χ4v) is 5.03. The lowest BCUT2D eigenvalue weighted by atomic mass is 9.84. The van der Waals surface area contributed by atoms with Crippen LogP contribution in [0.25, 0.3) is 65.7 Å². The van der Waals surface area contributed by atoms with E-state index in [0.29, 0.717) is 21.9 Å². The maximum absolute atomic E-state index is 9.08. The van der Waals surface area contributed by atoms with E-state index in [1.807, 2.05) is 60.7 Å². The average Bonchev–Trinajstić information content (AvgIpc) is 3.10. The second-order valence-corrected chi connectivity index (χ2v) is 8.92. The van der Waals surface area contributed by atoms with Crippen LogP contribution in [0, 0.1) is 6.92 Å². The second kappa shape index (κ2) is 8.76. The van der Waals surface area contributed by atoms with Gasteiger partial charge in [-0.05, 0) is 72.6 Å². The number of hydrogen-bond donors (Lipinski definition) is 0. The quantitative estimate of drug-likeness (QED) is 0.220. The minimum absolute atomic E-state index is 0.0254. The monoisotopic (exact) mass is 481 g/mol. The van der Waals surface area contributed by atoms with Crippen LogP contribution in [0.1, 0.15) is 20.6 Å². The Morgan fingerprint density at radius 1 is 0.432 bits per heavy atom. The van der Waals surface area contributed by atoms with Crippen molar-refractivity contribution in [2.24, 2.45) is 0 Å². The Labute approximate surface area is 232 Å². The molecule has 0 heterocycles. The summed E-state index contributed by atoms with van der Waals surface area (Å²) in [4.78, 5) is 0. The summed E-state index contributed by atoms with van der Waals surface area (Å²) in [5, 5.41) is 2.87. The van der Waals surface area contributed by atoms with Crippen molar-refractivity contribution in [3.05, 3.63) is 145 Å². The summed E-state index contributed by atoms with van der Waals surface area (Å²) in [6, 6.07) is 19.0. The highest BCUT2D eigenvalue weighted by molar-refractivity contribution is 6.23. The second-order valence-electron chi connectivity index (χ2n) is 8.92. The first-order valence-corrected chi connectivity index (χ1v) is 12.0. The molecule has 7 rings (SSSR count). The molecule has 0 amide bonds. The maximum Gasteiger partial charge on any atom is 0.0629 e. The molecule has 7 aromatic rings. The molecule has 0 bridgehead atoms. The summed E-state index contributed by atoms with van der Waals surface area (Å²) in [7, 11) is 0. The molecule has 0 N–H and O–H groups in total. The Balaban J connectivity index is 1.58. The van der Waals surface area contributed by atoms with Crippen LogP contribution in [0.5, 0.6) is 0 Å². The number of fused-ring (bicyclic) bond motifs is 3. The highest BCUT2D eigenvalue weighted by atomic mass is 14.2. The van der Waals surface area contributed by atoms with Gasteiger partial charge in [0.25, 0.3) is 0 Å². The van der Waals surface area contributed by atoms with Gasteiger partial charge in [-0.3, -0.25) is 0 Å². The lowest BCUT2D eigenvalue weighted by molar-refractivity contribution is 1.47. The van der Waals surface area contributed by atoms with E-state index in [9.17, 15) is 0 Å². The molecule has 0 saturated heterocycles. The van der Waals surface area contributed by atoms with E-state index in [4.69, 9.17) is 15.1 Å². The van der Waals surface area contributed by atoms with Crippen LogP contribution in [-0.4, -0.2) is 0 Å². The molecular formula is C37H26. The molecule has 7 aromatic carbocycles. The first-order valence-electron chi connectivity index (χ1n) is 17.5. The van der Waals surface area contributed by atoms with Gasteiger partial charge in [0.2, 0.25) is 0 Å². The average molecular weight is 482 g/mol. The van der Waals surface area contributed by atoms with Crippen LogP contribution in [0.4, 0.5) is 0 Å². The molecule has 0 radical (unpaired) electrons. The van der Waals surface area contributed by atoms with Gasteiger partial charge in [-0.2, -0.15) is 0 Å². The van der Waals surface area contributed by atoms with Gasteiger partial charge in [0.05, 0.1) is 15.1 Å². The molecule has 0 spiro atoms. The Morgan fingerprint density at radius 3 is 1.62 bits per heavy atom. The molecule has 0 fully saturated rings. The van der Waals surface area contributed by atoms with Crippen molar-refractivity contribution in [2.75, 3.05) is 0 Å². The van der Waals surface area contributed by atoms with Crippen molar-refractivity contribution in [1.29, 1.82) is 0 Å². The van der Waals surface area contributed by atoms with Gasteiger partial charge >= 0.3 is 0 Å². The lowest BCUT2D eigenvalue weighted by Gasteiger charge is -2.19.